The third kappa shape index (κ3) is 3.88. The molecule has 0 radical (unpaired) electrons. The maximum atomic E-state index is 12.2. The number of hydrogen-bond donors (Lipinski definition) is 2. The van der Waals surface area contributed by atoms with Crippen LogP contribution < -0.4 is 10.9 Å². The molecule has 0 aliphatic carbocycles. The van der Waals surface area contributed by atoms with Gasteiger partial charge in [0.25, 0.3) is 5.56 Å². The van der Waals surface area contributed by atoms with E-state index in [9.17, 15) is 9.59 Å². The standard InChI is InChI=1S/C13H16N4O3S/c1-8(2)6-17-4-3-14-11(12(17)18)15-5-10-16-9(7-21-10)13(19)20/h3-4,7-8H,5-6H2,1-2H3,(H,14,15)(H,19,20). The molecule has 0 aliphatic heterocycles. The van der Waals surface area contributed by atoms with Crippen molar-refractivity contribution in [2.24, 2.45) is 5.92 Å². The summed E-state index contributed by atoms with van der Waals surface area (Å²) in [5.74, 6) is -0.463. The molecule has 0 unspecified atom stereocenters. The van der Waals surface area contributed by atoms with Gasteiger partial charge in [-0.2, -0.15) is 0 Å². The molecule has 2 N–H and O–H groups in total. The summed E-state index contributed by atoms with van der Waals surface area (Å²) < 4.78 is 1.60. The molecule has 0 spiro atoms. The van der Waals surface area contributed by atoms with E-state index in [1.165, 1.54) is 16.7 Å². The zero-order valence-electron chi connectivity index (χ0n) is 11.7. The minimum atomic E-state index is -1.06. The van der Waals surface area contributed by atoms with E-state index in [1.54, 1.807) is 17.0 Å². The molecule has 0 amide bonds. The molecule has 0 atom stereocenters. The average Bonchev–Trinajstić information content (AvgIpc) is 2.88. The number of rotatable bonds is 6. The van der Waals surface area contributed by atoms with Gasteiger partial charge in [-0.25, -0.2) is 14.8 Å². The van der Waals surface area contributed by atoms with Crippen LogP contribution >= 0.6 is 11.3 Å². The van der Waals surface area contributed by atoms with E-state index < -0.39 is 5.97 Å². The number of thiazole rings is 1. The quantitative estimate of drug-likeness (QED) is 0.842. The average molecular weight is 308 g/mol. The van der Waals surface area contributed by atoms with Gasteiger partial charge in [0.05, 0.1) is 6.54 Å². The zero-order chi connectivity index (χ0) is 15.4. The Morgan fingerprint density at radius 3 is 2.90 bits per heavy atom. The Bertz CT molecular complexity index is 693. The second-order valence-electron chi connectivity index (χ2n) is 4.91. The fourth-order valence-electron chi connectivity index (χ4n) is 1.76. The lowest BCUT2D eigenvalue weighted by Crippen LogP contribution is -2.25. The van der Waals surface area contributed by atoms with Crippen molar-refractivity contribution in [3.05, 3.63) is 38.8 Å². The van der Waals surface area contributed by atoms with Gasteiger partial charge in [-0.15, -0.1) is 11.3 Å². The summed E-state index contributed by atoms with van der Waals surface area (Å²) in [5, 5.41) is 13.8. The van der Waals surface area contributed by atoms with Gasteiger partial charge >= 0.3 is 5.97 Å². The highest BCUT2D eigenvalue weighted by atomic mass is 32.1. The fourth-order valence-corrected chi connectivity index (χ4v) is 2.46. The number of nitrogens with one attached hydrogen (secondary N) is 1. The van der Waals surface area contributed by atoms with Crippen LogP contribution in [0.1, 0.15) is 29.3 Å². The molecule has 112 valence electrons. The van der Waals surface area contributed by atoms with Crippen molar-refractivity contribution >= 4 is 23.1 Å². The highest BCUT2D eigenvalue weighted by molar-refractivity contribution is 7.09. The fraction of sp³-hybridized carbons (Fsp3) is 0.385. The third-order valence-corrected chi connectivity index (χ3v) is 3.50. The monoisotopic (exact) mass is 308 g/mol. The Morgan fingerprint density at radius 1 is 1.52 bits per heavy atom. The van der Waals surface area contributed by atoms with Gasteiger partial charge in [-0.05, 0) is 5.92 Å². The first-order valence-electron chi connectivity index (χ1n) is 6.44. The normalized spacial score (nSPS) is 10.8. The Balaban J connectivity index is 2.09. The van der Waals surface area contributed by atoms with Gasteiger partial charge < -0.3 is 15.0 Å². The molecule has 0 bridgehead atoms. The summed E-state index contributed by atoms with van der Waals surface area (Å²) in [6.07, 6.45) is 3.22. The SMILES string of the molecule is CC(C)Cn1ccnc(NCc2nc(C(=O)O)cs2)c1=O. The highest BCUT2D eigenvalue weighted by Crippen LogP contribution is 2.11. The second kappa shape index (κ2) is 6.49. The Morgan fingerprint density at radius 2 is 2.29 bits per heavy atom. The molecule has 2 rings (SSSR count). The predicted octanol–water partition coefficient (Wildman–Crippen LogP) is 1.67. The number of carboxylic acid groups (broad SMARTS) is 1. The van der Waals surface area contributed by atoms with Crippen molar-refractivity contribution in [2.75, 3.05) is 5.32 Å². The summed E-state index contributed by atoms with van der Waals surface area (Å²) in [6, 6.07) is 0. The lowest BCUT2D eigenvalue weighted by molar-refractivity contribution is 0.0691. The number of nitrogens with zero attached hydrogens (tertiary/aromatic N) is 3. The highest BCUT2D eigenvalue weighted by Gasteiger charge is 2.10. The zero-order valence-corrected chi connectivity index (χ0v) is 12.6. The van der Waals surface area contributed by atoms with Crippen LogP contribution in [0.4, 0.5) is 5.82 Å². The third-order valence-electron chi connectivity index (χ3n) is 2.65. The molecule has 0 aromatic carbocycles. The van der Waals surface area contributed by atoms with E-state index in [-0.39, 0.29) is 23.6 Å². The van der Waals surface area contributed by atoms with Crippen molar-refractivity contribution in [1.82, 2.24) is 14.5 Å². The first kappa shape index (κ1) is 15.2. The molecule has 0 saturated heterocycles. The number of aromatic carboxylic acids is 1. The van der Waals surface area contributed by atoms with Crippen molar-refractivity contribution in [3.8, 4) is 0 Å². The molecule has 0 saturated carbocycles. The van der Waals surface area contributed by atoms with Crippen LogP contribution in [0.15, 0.2) is 22.6 Å². The molecule has 7 nitrogen and oxygen atoms in total. The van der Waals surface area contributed by atoms with Crippen LogP contribution in [0.5, 0.6) is 0 Å². The minimum absolute atomic E-state index is 0.00930. The number of carbonyl (C=O) groups is 1. The van der Waals surface area contributed by atoms with Crippen LogP contribution in [0.2, 0.25) is 0 Å². The Hall–Kier alpha value is -2.22. The largest absolute Gasteiger partial charge is 0.476 e. The van der Waals surface area contributed by atoms with Crippen molar-refractivity contribution in [2.45, 2.75) is 26.9 Å². The second-order valence-corrected chi connectivity index (χ2v) is 5.86. The van der Waals surface area contributed by atoms with Crippen LogP contribution in [0, 0.1) is 5.92 Å². The number of anilines is 1. The molecule has 8 heteroatoms. The summed E-state index contributed by atoms with van der Waals surface area (Å²) in [6.45, 7) is 4.95. The van der Waals surface area contributed by atoms with Gasteiger partial charge in [0.2, 0.25) is 0 Å². The number of hydrogen-bond acceptors (Lipinski definition) is 6. The number of aromatic nitrogens is 3. The molecule has 2 aromatic heterocycles. The van der Waals surface area contributed by atoms with Crippen LogP contribution in [0.3, 0.4) is 0 Å². The van der Waals surface area contributed by atoms with Crippen LogP contribution in [-0.2, 0) is 13.1 Å². The summed E-state index contributed by atoms with van der Waals surface area (Å²) >= 11 is 1.23. The predicted molar refractivity (Wildman–Crippen MR) is 79.7 cm³/mol. The molecular weight excluding hydrogens is 292 g/mol. The van der Waals surface area contributed by atoms with Crippen LogP contribution in [-0.4, -0.2) is 25.6 Å². The van der Waals surface area contributed by atoms with Crippen LogP contribution in [0.25, 0.3) is 0 Å². The van der Waals surface area contributed by atoms with E-state index in [0.717, 1.165) is 0 Å². The van der Waals surface area contributed by atoms with Gasteiger partial charge in [0.1, 0.15) is 5.01 Å². The van der Waals surface area contributed by atoms with E-state index in [1.807, 2.05) is 13.8 Å². The summed E-state index contributed by atoms with van der Waals surface area (Å²) in [5.41, 5.74) is -0.184. The Labute approximate surface area is 125 Å². The van der Waals surface area contributed by atoms with Gasteiger partial charge in [0, 0.05) is 24.3 Å². The molecular formula is C13H16N4O3S. The topological polar surface area (TPSA) is 97.1 Å². The summed E-state index contributed by atoms with van der Waals surface area (Å²) in [7, 11) is 0. The maximum Gasteiger partial charge on any atom is 0.355 e. The summed E-state index contributed by atoms with van der Waals surface area (Å²) in [4.78, 5) is 30.9. The van der Waals surface area contributed by atoms with E-state index in [4.69, 9.17) is 5.11 Å². The maximum absolute atomic E-state index is 12.2. The lowest BCUT2D eigenvalue weighted by atomic mass is 10.2. The van der Waals surface area contributed by atoms with E-state index >= 15 is 0 Å². The van der Waals surface area contributed by atoms with Gasteiger partial charge in [-0.3, -0.25) is 4.79 Å². The molecule has 2 heterocycles. The van der Waals surface area contributed by atoms with Crippen molar-refractivity contribution in [3.63, 3.8) is 0 Å². The van der Waals surface area contributed by atoms with Crippen molar-refractivity contribution < 1.29 is 9.90 Å². The first-order valence-corrected chi connectivity index (χ1v) is 7.32. The van der Waals surface area contributed by atoms with Gasteiger partial charge in [0.15, 0.2) is 11.5 Å². The van der Waals surface area contributed by atoms with Gasteiger partial charge in [-0.1, -0.05) is 13.8 Å². The molecule has 2 aromatic rings. The van der Waals surface area contributed by atoms with E-state index in [2.05, 4.69) is 15.3 Å². The molecule has 21 heavy (non-hydrogen) atoms. The first-order chi connectivity index (χ1) is 9.97. The lowest BCUT2D eigenvalue weighted by Gasteiger charge is -2.10. The molecule has 0 aliphatic rings. The Kier molecular flexibility index (Phi) is 4.69. The van der Waals surface area contributed by atoms with Crippen molar-refractivity contribution in [1.29, 1.82) is 0 Å². The minimum Gasteiger partial charge on any atom is -0.476 e. The smallest absolute Gasteiger partial charge is 0.355 e. The number of carboxylic acids is 1. The molecule has 0 fully saturated rings. The van der Waals surface area contributed by atoms with E-state index in [0.29, 0.717) is 17.5 Å².